The Balaban J connectivity index is 2.61. The minimum absolute atomic E-state index is 0.210. The third-order valence-electron chi connectivity index (χ3n) is 2.80. The molecule has 0 aliphatic rings. The number of ether oxygens (including phenoxy) is 1. The molecule has 1 rings (SSSR count). The van der Waals surface area contributed by atoms with Gasteiger partial charge in [0, 0.05) is 6.54 Å². The zero-order chi connectivity index (χ0) is 13.4. The summed E-state index contributed by atoms with van der Waals surface area (Å²) in [6, 6.07) is 0. The average Bonchev–Trinajstić information content (AvgIpc) is 2.87. The maximum absolute atomic E-state index is 12.0. The smallest absolute Gasteiger partial charge is 0.326 e. The number of nitrogens with one attached hydrogen (secondary N) is 1. The number of aromatic nitrogens is 3. The molecule has 1 heterocycles. The molecule has 1 atom stereocenters. The average molecular weight is 254 g/mol. The van der Waals surface area contributed by atoms with Crippen molar-refractivity contribution in [2.24, 2.45) is 0 Å². The summed E-state index contributed by atoms with van der Waals surface area (Å²) in [5, 5.41) is 7.29. The van der Waals surface area contributed by atoms with Crippen molar-refractivity contribution in [2.45, 2.75) is 45.7 Å². The van der Waals surface area contributed by atoms with E-state index in [4.69, 9.17) is 4.74 Å². The third kappa shape index (κ3) is 4.10. The van der Waals surface area contributed by atoms with Crippen LogP contribution in [0, 0.1) is 0 Å². The standard InChI is InChI=1S/C12H22N4O2/c1-4-7-14-12(3,11(17)18-5-2)6-8-16-10-13-9-15-16/h9-10,14H,4-8H2,1-3H3. The number of nitrogens with zero attached hydrogens (tertiary/aromatic N) is 3. The van der Waals surface area contributed by atoms with Crippen molar-refractivity contribution in [3.63, 3.8) is 0 Å². The van der Waals surface area contributed by atoms with Gasteiger partial charge in [-0.2, -0.15) is 5.10 Å². The first-order chi connectivity index (χ1) is 8.62. The van der Waals surface area contributed by atoms with Crippen molar-refractivity contribution in [3.05, 3.63) is 12.7 Å². The molecule has 18 heavy (non-hydrogen) atoms. The topological polar surface area (TPSA) is 69.0 Å². The molecule has 0 saturated heterocycles. The largest absolute Gasteiger partial charge is 0.465 e. The van der Waals surface area contributed by atoms with Crippen LogP contribution >= 0.6 is 0 Å². The molecule has 1 unspecified atom stereocenters. The summed E-state index contributed by atoms with van der Waals surface area (Å²) in [7, 11) is 0. The molecule has 6 nitrogen and oxygen atoms in total. The van der Waals surface area contributed by atoms with Crippen LogP contribution in [0.25, 0.3) is 0 Å². The normalized spacial score (nSPS) is 14.2. The molecule has 0 fully saturated rings. The van der Waals surface area contributed by atoms with Crippen molar-refractivity contribution in [2.75, 3.05) is 13.2 Å². The molecular formula is C12H22N4O2. The Labute approximate surface area is 108 Å². The van der Waals surface area contributed by atoms with E-state index in [1.807, 2.05) is 13.8 Å². The molecular weight excluding hydrogens is 232 g/mol. The van der Waals surface area contributed by atoms with Gasteiger partial charge in [0.15, 0.2) is 0 Å². The zero-order valence-electron chi connectivity index (χ0n) is 11.3. The van der Waals surface area contributed by atoms with Crippen LogP contribution in [0.5, 0.6) is 0 Å². The third-order valence-corrected chi connectivity index (χ3v) is 2.80. The molecule has 0 aliphatic heterocycles. The monoisotopic (exact) mass is 254 g/mol. The van der Waals surface area contributed by atoms with E-state index in [9.17, 15) is 4.79 Å². The fourth-order valence-electron chi connectivity index (χ4n) is 1.64. The first kappa shape index (κ1) is 14.6. The van der Waals surface area contributed by atoms with Gasteiger partial charge in [-0.3, -0.25) is 9.48 Å². The summed E-state index contributed by atoms with van der Waals surface area (Å²) in [4.78, 5) is 15.9. The van der Waals surface area contributed by atoms with E-state index in [2.05, 4.69) is 22.3 Å². The maximum Gasteiger partial charge on any atom is 0.326 e. The van der Waals surface area contributed by atoms with Crippen LogP contribution in [0.1, 0.15) is 33.6 Å². The molecule has 0 aromatic carbocycles. The van der Waals surface area contributed by atoms with Gasteiger partial charge in [-0.05, 0) is 33.2 Å². The molecule has 102 valence electrons. The number of hydrogen-bond acceptors (Lipinski definition) is 5. The predicted molar refractivity (Wildman–Crippen MR) is 68.0 cm³/mol. The summed E-state index contributed by atoms with van der Waals surface area (Å²) in [6.45, 7) is 7.56. The Hall–Kier alpha value is -1.43. The number of rotatable bonds is 8. The summed E-state index contributed by atoms with van der Waals surface area (Å²) >= 11 is 0. The maximum atomic E-state index is 12.0. The lowest BCUT2D eigenvalue weighted by molar-refractivity contribution is -0.151. The highest BCUT2D eigenvalue weighted by atomic mass is 16.5. The van der Waals surface area contributed by atoms with Gasteiger partial charge in [0.05, 0.1) is 6.61 Å². The van der Waals surface area contributed by atoms with Crippen LogP contribution in [-0.2, 0) is 16.1 Å². The van der Waals surface area contributed by atoms with Gasteiger partial charge in [-0.1, -0.05) is 6.92 Å². The summed E-state index contributed by atoms with van der Waals surface area (Å²) in [6.07, 6.45) is 4.72. The predicted octanol–water partition coefficient (Wildman–Crippen LogP) is 0.990. The van der Waals surface area contributed by atoms with Crippen molar-refractivity contribution >= 4 is 5.97 Å². The van der Waals surface area contributed by atoms with Gasteiger partial charge in [0.1, 0.15) is 18.2 Å². The van der Waals surface area contributed by atoms with E-state index in [0.717, 1.165) is 13.0 Å². The van der Waals surface area contributed by atoms with Gasteiger partial charge in [0.25, 0.3) is 0 Å². The summed E-state index contributed by atoms with van der Waals surface area (Å²) < 4.78 is 6.84. The minimum atomic E-state index is -0.669. The minimum Gasteiger partial charge on any atom is -0.465 e. The first-order valence-electron chi connectivity index (χ1n) is 6.37. The van der Waals surface area contributed by atoms with Gasteiger partial charge in [0.2, 0.25) is 0 Å². The van der Waals surface area contributed by atoms with Crippen molar-refractivity contribution in [3.8, 4) is 0 Å². The zero-order valence-corrected chi connectivity index (χ0v) is 11.3. The second kappa shape index (κ2) is 7.10. The Morgan fingerprint density at radius 3 is 2.83 bits per heavy atom. The van der Waals surface area contributed by atoms with Crippen molar-refractivity contribution in [1.82, 2.24) is 20.1 Å². The van der Waals surface area contributed by atoms with Crippen LogP contribution < -0.4 is 5.32 Å². The molecule has 0 amide bonds. The van der Waals surface area contributed by atoms with Gasteiger partial charge >= 0.3 is 5.97 Å². The lowest BCUT2D eigenvalue weighted by Gasteiger charge is -2.28. The molecule has 0 aliphatic carbocycles. The molecule has 1 N–H and O–H groups in total. The number of esters is 1. The van der Waals surface area contributed by atoms with E-state index in [-0.39, 0.29) is 5.97 Å². The van der Waals surface area contributed by atoms with E-state index >= 15 is 0 Å². The number of carbonyl (C=O) groups is 1. The molecule has 1 aromatic rings. The van der Waals surface area contributed by atoms with Crippen molar-refractivity contribution < 1.29 is 9.53 Å². The summed E-state index contributed by atoms with van der Waals surface area (Å²) in [5.41, 5.74) is -0.669. The van der Waals surface area contributed by atoms with E-state index in [1.165, 1.54) is 6.33 Å². The Morgan fingerprint density at radius 2 is 2.28 bits per heavy atom. The van der Waals surface area contributed by atoms with E-state index in [0.29, 0.717) is 19.6 Å². The van der Waals surface area contributed by atoms with E-state index in [1.54, 1.807) is 11.0 Å². The highest BCUT2D eigenvalue weighted by Gasteiger charge is 2.33. The molecule has 0 saturated carbocycles. The lowest BCUT2D eigenvalue weighted by atomic mass is 9.97. The van der Waals surface area contributed by atoms with Crippen LogP contribution in [-0.4, -0.2) is 39.4 Å². The molecule has 0 radical (unpaired) electrons. The Morgan fingerprint density at radius 1 is 1.50 bits per heavy atom. The van der Waals surface area contributed by atoms with Gasteiger partial charge in [-0.25, -0.2) is 4.98 Å². The number of hydrogen-bond donors (Lipinski definition) is 1. The van der Waals surface area contributed by atoms with Gasteiger partial charge in [-0.15, -0.1) is 0 Å². The van der Waals surface area contributed by atoms with Crippen LogP contribution in [0.15, 0.2) is 12.7 Å². The highest BCUT2D eigenvalue weighted by Crippen LogP contribution is 2.13. The lowest BCUT2D eigenvalue weighted by Crippen LogP contribution is -2.51. The van der Waals surface area contributed by atoms with Crippen LogP contribution in [0.4, 0.5) is 0 Å². The van der Waals surface area contributed by atoms with Crippen LogP contribution in [0.2, 0.25) is 0 Å². The number of aryl methyl sites for hydroxylation is 1. The van der Waals surface area contributed by atoms with Crippen molar-refractivity contribution in [1.29, 1.82) is 0 Å². The SMILES string of the molecule is CCCNC(C)(CCn1cncn1)C(=O)OCC. The second-order valence-electron chi connectivity index (χ2n) is 4.39. The van der Waals surface area contributed by atoms with E-state index < -0.39 is 5.54 Å². The molecule has 6 heteroatoms. The number of carbonyl (C=O) groups excluding carboxylic acids is 1. The fourth-order valence-corrected chi connectivity index (χ4v) is 1.64. The quantitative estimate of drug-likeness (QED) is 0.701. The Kier molecular flexibility index (Phi) is 5.77. The Bertz CT molecular complexity index is 353. The highest BCUT2D eigenvalue weighted by molar-refractivity contribution is 5.80. The molecule has 0 bridgehead atoms. The first-order valence-corrected chi connectivity index (χ1v) is 6.37. The van der Waals surface area contributed by atoms with Gasteiger partial charge < -0.3 is 10.1 Å². The fraction of sp³-hybridized carbons (Fsp3) is 0.750. The molecule has 0 spiro atoms. The second-order valence-corrected chi connectivity index (χ2v) is 4.39. The summed E-state index contributed by atoms with van der Waals surface area (Å²) in [5.74, 6) is -0.210. The molecule has 1 aromatic heterocycles. The van der Waals surface area contributed by atoms with Crippen LogP contribution in [0.3, 0.4) is 0 Å².